The Bertz CT molecular complexity index is 2750. The maximum absolute atomic E-state index is 9.17. The van der Waals surface area contributed by atoms with Gasteiger partial charge in [-0.1, -0.05) is 164 Å². The van der Waals surface area contributed by atoms with Gasteiger partial charge in [0.15, 0.2) is 17.5 Å². The average molecular weight is 631 g/mol. The van der Waals surface area contributed by atoms with E-state index in [0.717, 1.165) is 49.8 Å². The highest BCUT2D eigenvalue weighted by Gasteiger charge is 2.18. The van der Waals surface area contributed by atoms with Crippen LogP contribution in [0, 0.1) is 0 Å². The Morgan fingerprint density at radius 2 is 0.918 bits per heavy atom. The van der Waals surface area contributed by atoms with Crippen LogP contribution >= 0.6 is 0 Å². The molecule has 0 saturated heterocycles. The Kier molecular flexibility index (Phi) is 6.09. The second-order valence-corrected chi connectivity index (χ2v) is 11.8. The summed E-state index contributed by atoms with van der Waals surface area (Å²) in [5.41, 5.74) is 8.45. The summed E-state index contributed by atoms with van der Waals surface area (Å²) < 4.78 is 37.4. The molecule has 0 amide bonds. The molecule has 9 aromatic rings. The van der Waals surface area contributed by atoms with Crippen molar-refractivity contribution in [3.63, 3.8) is 0 Å². The average Bonchev–Trinajstić information content (AvgIpc) is 3.59. The van der Waals surface area contributed by atoms with Gasteiger partial charge >= 0.3 is 0 Å². The van der Waals surface area contributed by atoms with E-state index in [1.165, 1.54) is 0 Å². The van der Waals surface area contributed by atoms with Gasteiger partial charge in [-0.3, -0.25) is 0 Å². The van der Waals surface area contributed by atoms with Gasteiger partial charge in [-0.2, -0.15) is 0 Å². The smallest absolute Gasteiger partial charge is 0.164 e. The fourth-order valence-corrected chi connectivity index (χ4v) is 6.45. The van der Waals surface area contributed by atoms with Crippen LogP contribution in [0.3, 0.4) is 0 Å². The van der Waals surface area contributed by atoms with Gasteiger partial charge in [0, 0.05) is 38.7 Å². The first-order valence-corrected chi connectivity index (χ1v) is 16.1. The molecule has 0 radical (unpaired) electrons. The van der Waals surface area contributed by atoms with Crippen molar-refractivity contribution in [2.75, 3.05) is 0 Å². The normalized spacial score (nSPS) is 12.4. The summed E-state index contributed by atoms with van der Waals surface area (Å²) in [5, 5.41) is 1.21. The molecular formula is C45H30N4. The lowest BCUT2D eigenvalue weighted by molar-refractivity contribution is 1.07. The van der Waals surface area contributed by atoms with Gasteiger partial charge in [-0.15, -0.1) is 0 Å². The zero-order chi connectivity index (χ0) is 36.1. The third-order valence-corrected chi connectivity index (χ3v) is 8.79. The quantitative estimate of drug-likeness (QED) is 0.184. The first kappa shape index (κ1) is 24.5. The highest BCUT2D eigenvalue weighted by atomic mass is 15.0. The van der Waals surface area contributed by atoms with E-state index in [4.69, 9.17) is 20.4 Å². The Hall–Kier alpha value is -6.65. The highest BCUT2D eigenvalue weighted by molar-refractivity contribution is 6.13. The fraction of sp³-hybridized carbons (Fsp3) is 0. The lowest BCUT2D eigenvalue weighted by atomic mass is 9.98. The molecule has 0 aliphatic rings. The molecule has 0 bridgehead atoms. The van der Waals surface area contributed by atoms with E-state index in [1.54, 1.807) is 0 Å². The number of fused-ring (bicyclic) bond motifs is 3. The first-order valence-electron chi connectivity index (χ1n) is 18.1. The van der Waals surface area contributed by atoms with Crippen molar-refractivity contribution >= 4 is 21.8 Å². The van der Waals surface area contributed by atoms with Crippen LogP contribution in [-0.2, 0) is 0 Å². The fourth-order valence-electron chi connectivity index (χ4n) is 6.45. The number of nitrogens with zero attached hydrogens (tertiary/aromatic N) is 4. The van der Waals surface area contributed by atoms with Crippen molar-refractivity contribution < 1.29 is 5.48 Å². The SMILES string of the molecule is [2H]c1c([2H])c([2H])c2c(c1[2H])c1cccc(-c3ccc(-c4ccccc4)cc3)c1n2-c1cccc(-c2nc(-c3ccccc3)nc(-c3ccccc3)n2)c1. The van der Waals surface area contributed by atoms with E-state index in [1.807, 2.05) is 126 Å². The minimum absolute atomic E-state index is 0.0741. The lowest BCUT2D eigenvalue weighted by Gasteiger charge is -2.14. The highest BCUT2D eigenvalue weighted by Crippen LogP contribution is 2.39. The molecule has 2 aromatic heterocycles. The van der Waals surface area contributed by atoms with Crippen molar-refractivity contribution in [2.24, 2.45) is 0 Å². The van der Waals surface area contributed by atoms with E-state index in [2.05, 4.69) is 36.4 Å². The van der Waals surface area contributed by atoms with Crippen molar-refractivity contribution in [1.82, 2.24) is 19.5 Å². The zero-order valence-corrected chi connectivity index (χ0v) is 26.3. The number of hydrogen-bond donors (Lipinski definition) is 0. The topological polar surface area (TPSA) is 43.6 Å². The van der Waals surface area contributed by atoms with E-state index < -0.39 is 0 Å². The van der Waals surface area contributed by atoms with Crippen molar-refractivity contribution in [1.29, 1.82) is 0 Å². The molecule has 9 rings (SSSR count). The molecule has 0 aliphatic heterocycles. The molecule has 0 spiro atoms. The second kappa shape index (κ2) is 12.2. The Labute approximate surface area is 290 Å². The van der Waals surface area contributed by atoms with Crippen LogP contribution in [0.25, 0.3) is 83.9 Å². The van der Waals surface area contributed by atoms with E-state index in [-0.39, 0.29) is 24.2 Å². The molecule has 0 fully saturated rings. The van der Waals surface area contributed by atoms with Gasteiger partial charge < -0.3 is 4.57 Å². The molecule has 0 unspecified atom stereocenters. The molecule has 4 heteroatoms. The third-order valence-electron chi connectivity index (χ3n) is 8.79. The molecule has 4 nitrogen and oxygen atoms in total. The molecule has 0 saturated carbocycles. The number of rotatable bonds is 6. The summed E-state index contributed by atoms with van der Waals surface area (Å²) in [6.07, 6.45) is 0. The number of aromatic nitrogens is 4. The predicted octanol–water partition coefficient (Wildman–Crippen LogP) is 11.3. The van der Waals surface area contributed by atoms with Gasteiger partial charge in [0.05, 0.1) is 16.5 Å². The zero-order valence-electron chi connectivity index (χ0n) is 30.3. The van der Waals surface area contributed by atoms with Crippen LogP contribution in [0.4, 0.5) is 0 Å². The summed E-state index contributed by atoms with van der Waals surface area (Å²) in [6.45, 7) is 0. The van der Waals surface area contributed by atoms with Crippen LogP contribution in [0.5, 0.6) is 0 Å². The molecule has 2 heterocycles. The van der Waals surface area contributed by atoms with E-state index in [0.29, 0.717) is 34.1 Å². The predicted molar refractivity (Wildman–Crippen MR) is 201 cm³/mol. The minimum atomic E-state index is -0.283. The third kappa shape index (κ3) is 5.26. The molecule has 230 valence electrons. The van der Waals surface area contributed by atoms with E-state index in [9.17, 15) is 0 Å². The minimum Gasteiger partial charge on any atom is -0.309 e. The molecule has 0 atom stereocenters. The van der Waals surface area contributed by atoms with Crippen molar-refractivity contribution in [3.8, 4) is 62.1 Å². The number of para-hydroxylation sites is 2. The number of hydrogen-bond acceptors (Lipinski definition) is 3. The Balaban J connectivity index is 1.29. The van der Waals surface area contributed by atoms with Crippen LogP contribution in [-0.4, -0.2) is 19.5 Å². The molecule has 0 aliphatic carbocycles. The summed E-state index contributed by atoms with van der Waals surface area (Å²) in [4.78, 5) is 14.7. The summed E-state index contributed by atoms with van der Waals surface area (Å²) in [5.74, 6) is 1.58. The van der Waals surface area contributed by atoms with Crippen molar-refractivity contribution in [3.05, 3.63) is 182 Å². The van der Waals surface area contributed by atoms with Crippen LogP contribution in [0.1, 0.15) is 5.48 Å². The van der Waals surface area contributed by atoms with Gasteiger partial charge in [-0.25, -0.2) is 15.0 Å². The van der Waals surface area contributed by atoms with Gasteiger partial charge in [0.25, 0.3) is 0 Å². The second-order valence-electron chi connectivity index (χ2n) is 11.8. The van der Waals surface area contributed by atoms with Gasteiger partial charge in [-0.05, 0) is 34.9 Å². The summed E-state index contributed by atoms with van der Waals surface area (Å²) in [7, 11) is 0. The largest absolute Gasteiger partial charge is 0.309 e. The molecule has 7 aromatic carbocycles. The Morgan fingerprint density at radius 1 is 0.408 bits per heavy atom. The number of benzene rings is 7. The summed E-state index contributed by atoms with van der Waals surface area (Å²) >= 11 is 0. The molecular weight excluding hydrogens is 597 g/mol. The monoisotopic (exact) mass is 630 g/mol. The summed E-state index contributed by atoms with van der Waals surface area (Å²) in [6, 6.07) is 51.3. The van der Waals surface area contributed by atoms with Gasteiger partial charge in [0.1, 0.15) is 0 Å². The van der Waals surface area contributed by atoms with Crippen molar-refractivity contribution in [2.45, 2.75) is 0 Å². The maximum atomic E-state index is 9.17. The van der Waals surface area contributed by atoms with Crippen LogP contribution < -0.4 is 0 Å². The van der Waals surface area contributed by atoms with Crippen LogP contribution in [0.2, 0.25) is 0 Å². The molecule has 49 heavy (non-hydrogen) atoms. The Morgan fingerprint density at radius 3 is 1.57 bits per heavy atom. The standard InChI is InChI=1S/C45H30N4/c1-4-14-31(15-5-1)32-26-28-33(29-27-32)38-23-13-24-40-39-22-10-11-25-41(39)49(42(38)40)37-21-12-20-36(30-37)45-47-43(34-16-6-2-7-17-34)46-44(48-45)35-18-8-3-9-19-35/h1-30H/i10D,11D,22D,25D. The van der Waals surface area contributed by atoms with Gasteiger partial charge in [0.2, 0.25) is 0 Å². The van der Waals surface area contributed by atoms with Crippen LogP contribution in [0.15, 0.2) is 182 Å². The molecule has 0 N–H and O–H groups in total. The maximum Gasteiger partial charge on any atom is 0.164 e. The lowest BCUT2D eigenvalue weighted by Crippen LogP contribution is -2.01. The first-order chi connectivity index (χ1) is 26.0. The van der Waals surface area contributed by atoms with E-state index >= 15 is 0 Å².